The number of quaternary nitrogens is 1. The number of nitrogens with zero attached hydrogens (tertiary/aromatic N) is 4. The minimum atomic E-state index is 0.0448. The molecule has 2 heterocycles. The largest absolute Gasteiger partial charge is 0.497 e. The van der Waals surface area contributed by atoms with Gasteiger partial charge in [-0.2, -0.15) is 9.98 Å². The van der Waals surface area contributed by atoms with E-state index in [2.05, 4.69) is 40.8 Å². The van der Waals surface area contributed by atoms with E-state index in [-0.39, 0.29) is 10.6 Å². The fraction of sp³-hybridized carbons (Fsp3) is 0.179. The molecule has 8 heteroatoms. The zero-order valence-corrected chi connectivity index (χ0v) is 20.6. The van der Waals surface area contributed by atoms with Crippen molar-refractivity contribution in [1.82, 2.24) is 20.0 Å². The van der Waals surface area contributed by atoms with Crippen molar-refractivity contribution in [2.45, 2.75) is 19.5 Å². The zero-order chi connectivity index (χ0) is 25.0. The molecular formula is C28H29N6O2+. The van der Waals surface area contributed by atoms with Gasteiger partial charge in [-0.1, -0.05) is 42.5 Å². The number of rotatable bonds is 9. The number of methoxy groups -OCH3 is 2. The number of fused-ring (bicyclic) bond motifs is 1. The molecule has 2 unspecified atom stereocenters. The van der Waals surface area contributed by atoms with Crippen molar-refractivity contribution < 1.29 is 9.47 Å². The Hall–Kier alpha value is -4.27. The highest BCUT2D eigenvalue weighted by Gasteiger charge is 2.41. The Balaban J connectivity index is 1.50. The average Bonchev–Trinajstić information content (AvgIpc) is 3.32. The first-order chi connectivity index (χ1) is 17.6. The van der Waals surface area contributed by atoms with Crippen LogP contribution in [-0.2, 0) is 6.54 Å². The van der Waals surface area contributed by atoms with Crippen LogP contribution in [0.2, 0.25) is 0 Å². The zero-order valence-electron chi connectivity index (χ0n) is 20.6. The number of benzene rings is 3. The first-order valence-corrected chi connectivity index (χ1v) is 11.8. The summed E-state index contributed by atoms with van der Waals surface area (Å²) >= 11 is 0. The van der Waals surface area contributed by atoms with Crippen molar-refractivity contribution >= 4 is 29.5 Å². The highest BCUT2D eigenvalue weighted by Crippen LogP contribution is 2.42. The first-order valence-electron chi connectivity index (χ1n) is 11.8. The third-order valence-corrected chi connectivity index (χ3v) is 6.29. The molecule has 0 saturated carbocycles. The predicted octanol–water partition coefficient (Wildman–Crippen LogP) is 5.68. The summed E-state index contributed by atoms with van der Waals surface area (Å²) in [5.41, 5.74) is 7.63. The Bertz CT molecular complexity index is 1380. The fourth-order valence-electron chi connectivity index (χ4n) is 4.34. The van der Waals surface area contributed by atoms with Crippen LogP contribution in [0.5, 0.6) is 11.5 Å². The maximum absolute atomic E-state index is 5.60. The highest BCUT2D eigenvalue weighted by molar-refractivity contribution is 5.93. The molecule has 1 aliphatic heterocycles. The maximum atomic E-state index is 5.60. The summed E-state index contributed by atoms with van der Waals surface area (Å²) in [5.74, 6) is 2.81. The Kier molecular flexibility index (Phi) is 6.62. The van der Waals surface area contributed by atoms with Crippen molar-refractivity contribution in [2.75, 3.05) is 19.5 Å². The van der Waals surface area contributed by atoms with Gasteiger partial charge in [-0.15, -0.1) is 10.0 Å². The number of aliphatic imine (C=N–C) groups is 1. The van der Waals surface area contributed by atoms with E-state index in [4.69, 9.17) is 19.5 Å². The van der Waals surface area contributed by atoms with E-state index in [1.165, 1.54) is 0 Å². The van der Waals surface area contributed by atoms with E-state index >= 15 is 0 Å². The second-order valence-corrected chi connectivity index (χ2v) is 8.48. The molecule has 0 aliphatic carbocycles. The number of ether oxygens (including phenoxy) is 2. The van der Waals surface area contributed by atoms with Gasteiger partial charge in [-0.25, -0.2) is 4.98 Å². The van der Waals surface area contributed by atoms with Crippen molar-refractivity contribution in [3.8, 4) is 11.5 Å². The monoisotopic (exact) mass is 481 g/mol. The predicted molar refractivity (Wildman–Crippen MR) is 143 cm³/mol. The molecule has 4 aromatic rings. The molecule has 0 amide bonds. The Morgan fingerprint density at radius 2 is 1.72 bits per heavy atom. The van der Waals surface area contributed by atoms with Crippen LogP contribution >= 0.6 is 0 Å². The van der Waals surface area contributed by atoms with Gasteiger partial charge in [-0.3, -0.25) is 0 Å². The fourth-order valence-corrected chi connectivity index (χ4v) is 4.34. The minimum absolute atomic E-state index is 0.0448. The molecule has 36 heavy (non-hydrogen) atoms. The molecule has 3 aromatic carbocycles. The standard InChI is InChI=1S/C28H29N6O2/c1-20(21-9-5-4-6-10-21)32-28-29-16-15-27(33-28)34(19-30-24-11-7-8-12-25(24)34)31-18-22-17-23(35-2)13-14-26(22)36-3/h4-17,19-20,31H,18H2,1-3H3,(H,29,32,33)/q+1. The molecule has 2 N–H and O–H groups in total. The molecule has 5 rings (SSSR count). The summed E-state index contributed by atoms with van der Waals surface area (Å²) < 4.78 is 11.2. The summed E-state index contributed by atoms with van der Waals surface area (Å²) in [7, 11) is 3.32. The van der Waals surface area contributed by atoms with Gasteiger partial charge in [0.05, 0.1) is 26.8 Å². The average molecular weight is 482 g/mol. The summed E-state index contributed by atoms with van der Waals surface area (Å²) in [6, 6.07) is 26.0. The Morgan fingerprint density at radius 3 is 2.53 bits per heavy atom. The second-order valence-electron chi connectivity index (χ2n) is 8.48. The molecule has 1 aliphatic rings. The van der Waals surface area contributed by atoms with Crippen LogP contribution < -0.4 is 24.8 Å². The van der Waals surface area contributed by atoms with Crippen LogP contribution in [0.3, 0.4) is 0 Å². The minimum Gasteiger partial charge on any atom is -0.497 e. The van der Waals surface area contributed by atoms with Gasteiger partial charge in [0.25, 0.3) is 5.82 Å². The van der Waals surface area contributed by atoms with E-state index in [1.54, 1.807) is 20.4 Å². The van der Waals surface area contributed by atoms with Crippen LogP contribution in [0.15, 0.2) is 90.1 Å². The summed E-state index contributed by atoms with van der Waals surface area (Å²) in [5, 5.41) is 3.43. The Morgan fingerprint density at radius 1 is 0.917 bits per heavy atom. The van der Waals surface area contributed by atoms with Crippen LogP contribution in [-0.4, -0.2) is 30.5 Å². The number of aromatic nitrogens is 2. The van der Waals surface area contributed by atoms with Crippen molar-refractivity contribution in [3.05, 3.63) is 96.2 Å². The van der Waals surface area contributed by atoms with E-state index < -0.39 is 0 Å². The Labute approximate surface area is 210 Å². The lowest BCUT2D eigenvalue weighted by molar-refractivity contribution is 0.379. The molecule has 182 valence electrons. The highest BCUT2D eigenvalue weighted by atomic mass is 16.5. The quantitative estimate of drug-likeness (QED) is 0.299. The van der Waals surface area contributed by atoms with Crippen molar-refractivity contribution in [1.29, 1.82) is 0 Å². The van der Waals surface area contributed by atoms with Crippen LogP contribution in [0, 0.1) is 0 Å². The SMILES string of the molecule is COc1ccc(OC)c(CN[N+]2(c3ccnc(NC(C)c4ccccc4)n3)C=Nc3ccccc32)c1. The number of anilines is 1. The molecule has 2 atom stereocenters. The molecule has 8 nitrogen and oxygen atoms in total. The third-order valence-electron chi connectivity index (χ3n) is 6.29. The number of nitrogens with one attached hydrogen (secondary N) is 2. The molecular weight excluding hydrogens is 452 g/mol. The molecule has 1 aromatic heterocycles. The van der Waals surface area contributed by atoms with E-state index in [1.807, 2.05) is 67.0 Å². The topological polar surface area (TPSA) is 80.7 Å². The lowest BCUT2D eigenvalue weighted by Gasteiger charge is -2.29. The number of para-hydroxylation sites is 2. The molecule has 0 fully saturated rings. The third kappa shape index (κ3) is 4.51. The van der Waals surface area contributed by atoms with Crippen LogP contribution in [0.4, 0.5) is 23.1 Å². The van der Waals surface area contributed by atoms with Gasteiger partial charge in [-0.05, 0) is 36.8 Å². The maximum Gasteiger partial charge on any atom is 0.263 e. The summed E-state index contributed by atoms with van der Waals surface area (Å²) in [4.78, 5) is 14.1. The lowest BCUT2D eigenvalue weighted by atomic mass is 10.1. The normalized spacial score (nSPS) is 16.9. The second kappa shape index (κ2) is 10.2. The molecule has 0 saturated heterocycles. The van der Waals surface area contributed by atoms with E-state index in [0.717, 1.165) is 39.8 Å². The van der Waals surface area contributed by atoms with Gasteiger partial charge >= 0.3 is 0 Å². The van der Waals surface area contributed by atoms with Gasteiger partial charge in [0.2, 0.25) is 12.3 Å². The number of hydrogen-bond donors (Lipinski definition) is 2. The molecule has 0 bridgehead atoms. The summed E-state index contributed by atoms with van der Waals surface area (Å²) in [6.45, 7) is 2.57. The first kappa shape index (κ1) is 23.5. The van der Waals surface area contributed by atoms with Crippen LogP contribution in [0.1, 0.15) is 24.1 Å². The van der Waals surface area contributed by atoms with Gasteiger partial charge in [0, 0.05) is 23.9 Å². The van der Waals surface area contributed by atoms with Crippen LogP contribution in [0.25, 0.3) is 0 Å². The van der Waals surface area contributed by atoms with Crippen molar-refractivity contribution in [3.63, 3.8) is 0 Å². The van der Waals surface area contributed by atoms with Gasteiger partial charge < -0.3 is 14.8 Å². The van der Waals surface area contributed by atoms with Gasteiger partial charge in [0.1, 0.15) is 17.2 Å². The van der Waals surface area contributed by atoms with Crippen molar-refractivity contribution in [2.24, 2.45) is 4.99 Å². The number of hydrogen-bond acceptors (Lipinski definition) is 7. The van der Waals surface area contributed by atoms with Gasteiger partial charge in [0.15, 0.2) is 5.69 Å². The lowest BCUT2D eigenvalue weighted by Crippen LogP contribution is -2.53. The summed E-state index contributed by atoms with van der Waals surface area (Å²) in [6.07, 6.45) is 3.63. The van der Waals surface area contributed by atoms with E-state index in [0.29, 0.717) is 12.5 Å². The molecule has 0 spiro atoms. The smallest absolute Gasteiger partial charge is 0.263 e. The van der Waals surface area contributed by atoms with E-state index in [9.17, 15) is 0 Å². The molecule has 0 radical (unpaired) electrons.